The maximum Gasteiger partial charge on any atom is 0.257 e. The molecule has 0 radical (unpaired) electrons. The third-order valence-electron chi connectivity index (χ3n) is 5.05. The van der Waals surface area contributed by atoms with Crippen LogP contribution in [0.4, 0.5) is 0 Å². The van der Waals surface area contributed by atoms with Gasteiger partial charge in [-0.05, 0) is 11.6 Å². The van der Waals surface area contributed by atoms with E-state index in [0.29, 0.717) is 25.2 Å². The van der Waals surface area contributed by atoms with Gasteiger partial charge in [0.2, 0.25) is 0 Å². The Balaban J connectivity index is 1.59. The molecular formula is C18H20N2O4S. The van der Waals surface area contributed by atoms with Gasteiger partial charge in [0.25, 0.3) is 5.91 Å². The highest BCUT2D eigenvalue weighted by atomic mass is 32.2. The number of furan rings is 1. The zero-order valence-corrected chi connectivity index (χ0v) is 14.6. The fourth-order valence-electron chi connectivity index (χ4n) is 3.84. The third-order valence-corrected chi connectivity index (χ3v) is 6.75. The molecular weight excluding hydrogens is 340 g/mol. The second-order valence-corrected chi connectivity index (χ2v) is 8.83. The molecule has 2 unspecified atom stereocenters. The van der Waals surface area contributed by atoms with Crippen LogP contribution in [0.1, 0.15) is 15.9 Å². The highest BCUT2D eigenvalue weighted by Crippen LogP contribution is 2.29. The molecule has 0 saturated carbocycles. The van der Waals surface area contributed by atoms with E-state index >= 15 is 0 Å². The summed E-state index contributed by atoms with van der Waals surface area (Å²) in [7, 11) is -3.15. The van der Waals surface area contributed by atoms with Gasteiger partial charge in [-0.3, -0.25) is 9.69 Å². The van der Waals surface area contributed by atoms with Crippen LogP contribution in [0.25, 0.3) is 0 Å². The second-order valence-electron chi connectivity index (χ2n) is 6.68. The van der Waals surface area contributed by atoms with Crippen LogP contribution in [-0.4, -0.2) is 60.8 Å². The van der Waals surface area contributed by atoms with Crippen molar-refractivity contribution in [3.05, 3.63) is 60.1 Å². The first kappa shape index (κ1) is 16.4. The third kappa shape index (κ3) is 3.21. The fourth-order valence-corrected chi connectivity index (χ4v) is 5.86. The second kappa shape index (κ2) is 6.31. The van der Waals surface area contributed by atoms with Crippen LogP contribution >= 0.6 is 0 Å². The predicted molar refractivity (Wildman–Crippen MR) is 92.8 cm³/mol. The zero-order chi connectivity index (χ0) is 17.4. The standard InChI is InChI=1S/C18H20N2O4S/c21-18(15-6-9-24-11-15)20-8-7-19(10-14-4-2-1-3-5-14)16-12-25(22,23)13-17(16)20/h1-6,9,11,16-17H,7-8,10,12-13H2. The monoisotopic (exact) mass is 360 g/mol. The highest BCUT2D eigenvalue weighted by Gasteiger charge is 2.48. The maximum absolute atomic E-state index is 12.7. The molecule has 6 nitrogen and oxygen atoms in total. The van der Waals surface area contributed by atoms with Crippen LogP contribution in [-0.2, 0) is 16.4 Å². The molecule has 0 bridgehead atoms. The number of hydrogen-bond acceptors (Lipinski definition) is 5. The van der Waals surface area contributed by atoms with Crippen molar-refractivity contribution in [1.29, 1.82) is 0 Å². The van der Waals surface area contributed by atoms with Crippen LogP contribution < -0.4 is 0 Å². The quantitative estimate of drug-likeness (QED) is 0.828. The molecule has 0 N–H and O–H groups in total. The Morgan fingerprint density at radius 3 is 2.56 bits per heavy atom. The Morgan fingerprint density at radius 1 is 1.08 bits per heavy atom. The van der Waals surface area contributed by atoms with E-state index in [4.69, 9.17) is 4.42 Å². The summed E-state index contributed by atoms with van der Waals surface area (Å²) < 4.78 is 29.5. The topological polar surface area (TPSA) is 70.8 Å². The zero-order valence-electron chi connectivity index (χ0n) is 13.7. The van der Waals surface area contributed by atoms with Gasteiger partial charge in [0.1, 0.15) is 6.26 Å². The lowest BCUT2D eigenvalue weighted by Gasteiger charge is -2.43. The van der Waals surface area contributed by atoms with Crippen molar-refractivity contribution >= 4 is 15.7 Å². The Morgan fingerprint density at radius 2 is 1.84 bits per heavy atom. The fraction of sp³-hybridized carbons (Fsp3) is 0.389. The molecule has 0 aliphatic carbocycles. The molecule has 7 heteroatoms. The van der Waals surface area contributed by atoms with Crippen molar-refractivity contribution in [2.24, 2.45) is 0 Å². The van der Waals surface area contributed by atoms with Crippen LogP contribution in [0.3, 0.4) is 0 Å². The Kier molecular flexibility index (Phi) is 4.13. The Labute approximate surface area is 146 Å². The van der Waals surface area contributed by atoms with Crippen molar-refractivity contribution in [2.45, 2.75) is 18.6 Å². The van der Waals surface area contributed by atoms with Crippen molar-refractivity contribution in [2.75, 3.05) is 24.6 Å². The molecule has 3 heterocycles. The molecule has 2 aromatic rings. The summed E-state index contributed by atoms with van der Waals surface area (Å²) in [6.45, 7) is 1.88. The molecule has 0 spiro atoms. The number of rotatable bonds is 3. The molecule has 2 atom stereocenters. The largest absolute Gasteiger partial charge is 0.472 e. The van der Waals surface area contributed by atoms with Gasteiger partial charge < -0.3 is 9.32 Å². The normalized spacial score (nSPS) is 25.7. The lowest BCUT2D eigenvalue weighted by atomic mass is 10.0. The molecule has 1 aromatic carbocycles. The highest BCUT2D eigenvalue weighted by molar-refractivity contribution is 7.91. The number of fused-ring (bicyclic) bond motifs is 1. The summed E-state index contributed by atoms with van der Waals surface area (Å²) in [5.41, 5.74) is 1.62. The van der Waals surface area contributed by atoms with Gasteiger partial charge in [-0.1, -0.05) is 30.3 Å². The molecule has 25 heavy (non-hydrogen) atoms. The molecule has 2 fully saturated rings. The van der Waals surface area contributed by atoms with Gasteiger partial charge >= 0.3 is 0 Å². The molecule has 1 amide bonds. The lowest BCUT2D eigenvalue weighted by Crippen LogP contribution is -2.60. The predicted octanol–water partition coefficient (Wildman–Crippen LogP) is 1.40. The summed E-state index contributed by atoms with van der Waals surface area (Å²) >= 11 is 0. The number of hydrogen-bond donors (Lipinski definition) is 0. The molecule has 4 rings (SSSR count). The lowest BCUT2D eigenvalue weighted by molar-refractivity contribution is 0.0305. The Hall–Kier alpha value is -2.12. The van der Waals surface area contributed by atoms with Crippen LogP contribution in [0.15, 0.2) is 53.3 Å². The van der Waals surface area contributed by atoms with Crippen LogP contribution in [0.5, 0.6) is 0 Å². The van der Waals surface area contributed by atoms with Gasteiger partial charge in [-0.15, -0.1) is 0 Å². The average Bonchev–Trinajstić information content (AvgIpc) is 3.22. The Bertz CT molecular complexity index is 848. The van der Waals surface area contributed by atoms with Crippen molar-refractivity contribution in [3.63, 3.8) is 0 Å². The summed E-state index contributed by atoms with van der Waals surface area (Å²) in [6, 6.07) is 11.2. The number of carbonyl (C=O) groups is 1. The maximum atomic E-state index is 12.7. The van der Waals surface area contributed by atoms with Crippen LogP contribution in [0, 0.1) is 0 Å². The first-order valence-corrected chi connectivity index (χ1v) is 10.2. The smallest absolute Gasteiger partial charge is 0.257 e. The number of piperazine rings is 1. The summed E-state index contributed by atoms with van der Waals surface area (Å²) in [4.78, 5) is 16.6. The minimum atomic E-state index is -3.15. The van der Waals surface area contributed by atoms with Crippen molar-refractivity contribution < 1.29 is 17.6 Å². The molecule has 2 aliphatic rings. The number of amides is 1. The van der Waals surface area contributed by atoms with Gasteiger partial charge in [0, 0.05) is 25.7 Å². The van der Waals surface area contributed by atoms with E-state index in [1.165, 1.54) is 12.5 Å². The minimum Gasteiger partial charge on any atom is -0.472 e. The summed E-state index contributed by atoms with van der Waals surface area (Å²) in [5, 5.41) is 0. The molecule has 2 saturated heterocycles. The number of nitrogens with zero attached hydrogens (tertiary/aromatic N) is 2. The summed E-state index contributed by atoms with van der Waals surface area (Å²) in [5.74, 6) is -0.00753. The van der Waals surface area contributed by atoms with E-state index in [1.54, 1.807) is 11.0 Å². The first-order chi connectivity index (χ1) is 12.0. The average molecular weight is 360 g/mol. The van der Waals surface area contributed by atoms with E-state index in [1.807, 2.05) is 30.3 Å². The van der Waals surface area contributed by atoms with Crippen molar-refractivity contribution in [3.8, 4) is 0 Å². The van der Waals surface area contributed by atoms with E-state index in [9.17, 15) is 13.2 Å². The van der Waals surface area contributed by atoms with Gasteiger partial charge in [0.05, 0.1) is 29.4 Å². The van der Waals surface area contributed by atoms with Gasteiger partial charge in [-0.25, -0.2) is 8.42 Å². The van der Waals surface area contributed by atoms with Gasteiger partial charge in [-0.2, -0.15) is 0 Å². The van der Waals surface area contributed by atoms with Crippen LogP contribution in [0.2, 0.25) is 0 Å². The number of sulfone groups is 1. The number of benzene rings is 1. The molecule has 2 aliphatic heterocycles. The van der Waals surface area contributed by atoms with E-state index in [2.05, 4.69) is 4.90 Å². The van der Waals surface area contributed by atoms with Gasteiger partial charge in [0.15, 0.2) is 9.84 Å². The number of carbonyl (C=O) groups excluding carboxylic acids is 1. The summed E-state index contributed by atoms with van der Waals surface area (Å²) in [6.07, 6.45) is 2.87. The molecule has 1 aromatic heterocycles. The van der Waals surface area contributed by atoms with E-state index in [-0.39, 0.29) is 29.5 Å². The van der Waals surface area contributed by atoms with E-state index in [0.717, 1.165) is 5.56 Å². The minimum absolute atomic E-state index is 0.0343. The van der Waals surface area contributed by atoms with Crippen molar-refractivity contribution in [1.82, 2.24) is 9.80 Å². The molecule has 132 valence electrons. The first-order valence-electron chi connectivity index (χ1n) is 8.35. The SMILES string of the molecule is O=C(c1ccoc1)N1CCN(Cc2ccccc2)C2CS(=O)(=O)CC21. The van der Waals surface area contributed by atoms with E-state index < -0.39 is 9.84 Å².